The van der Waals surface area contributed by atoms with E-state index < -0.39 is 5.91 Å². The van der Waals surface area contributed by atoms with Gasteiger partial charge in [-0.2, -0.15) is 0 Å². The van der Waals surface area contributed by atoms with Crippen LogP contribution in [-0.4, -0.2) is 104 Å². The minimum absolute atomic E-state index is 0.182. The zero-order valence-electron chi connectivity index (χ0n) is 24.0. The second-order valence-corrected chi connectivity index (χ2v) is 11.4. The van der Waals surface area contributed by atoms with E-state index in [4.69, 9.17) is 10.7 Å². The molecule has 0 radical (unpaired) electrons. The summed E-state index contributed by atoms with van der Waals surface area (Å²) >= 11 is 0. The molecule has 3 aliphatic heterocycles. The maximum atomic E-state index is 12.3. The molecule has 4 N–H and O–H groups in total. The predicted molar refractivity (Wildman–Crippen MR) is 158 cm³/mol. The summed E-state index contributed by atoms with van der Waals surface area (Å²) in [6, 6.07) is 7.42. The summed E-state index contributed by atoms with van der Waals surface area (Å²) in [6.45, 7) is 13.0. The molecule has 1 atom stereocenters. The number of amides is 1. The molecule has 3 saturated heterocycles. The molecule has 1 aromatic heterocycles. The number of benzene rings is 1. The standard InChI is InChI=1S/C29H45N9O/c1-5-24-29(36(4)23-8-11-31-19-23)34-28(26(33-24)27(30)39)32-21-6-7-25(20(2)18-21)38-12-9-22(10-13-38)37-16-14-35(3)15-17-37/h6-7,18,22-23,31H,5,8-17,19H2,1-4H3,(H2,30,39)(H,32,34)/t23-/m1/s1. The highest BCUT2D eigenvalue weighted by molar-refractivity contribution is 5.96. The molecule has 3 aliphatic rings. The summed E-state index contributed by atoms with van der Waals surface area (Å²) in [5.74, 6) is 0.635. The number of primary amides is 1. The lowest BCUT2D eigenvalue weighted by molar-refractivity contribution is 0.0982. The number of nitrogens with zero attached hydrogens (tertiary/aromatic N) is 6. The number of hydrogen-bond acceptors (Lipinski definition) is 9. The summed E-state index contributed by atoms with van der Waals surface area (Å²) in [7, 11) is 4.27. The van der Waals surface area contributed by atoms with Crippen molar-refractivity contribution in [2.75, 3.05) is 81.6 Å². The Bertz CT molecular complexity index is 1150. The zero-order valence-corrected chi connectivity index (χ0v) is 24.0. The first-order chi connectivity index (χ1) is 18.8. The zero-order chi connectivity index (χ0) is 27.5. The van der Waals surface area contributed by atoms with E-state index in [0.717, 1.165) is 49.8 Å². The van der Waals surface area contributed by atoms with Crippen molar-refractivity contribution < 1.29 is 4.79 Å². The van der Waals surface area contributed by atoms with Crippen LogP contribution in [0.2, 0.25) is 0 Å². The number of nitrogens with one attached hydrogen (secondary N) is 2. The van der Waals surface area contributed by atoms with Gasteiger partial charge in [-0.1, -0.05) is 6.92 Å². The number of hydrogen-bond donors (Lipinski definition) is 3. The van der Waals surface area contributed by atoms with Crippen LogP contribution in [0.5, 0.6) is 0 Å². The predicted octanol–water partition coefficient (Wildman–Crippen LogP) is 2.20. The maximum absolute atomic E-state index is 12.3. The van der Waals surface area contributed by atoms with Crippen LogP contribution in [0.3, 0.4) is 0 Å². The number of piperazine rings is 1. The lowest BCUT2D eigenvalue weighted by atomic mass is 10.0. The Morgan fingerprint density at radius 1 is 1.13 bits per heavy atom. The molecular weight excluding hydrogens is 490 g/mol. The number of carbonyl (C=O) groups is 1. The van der Waals surface area contributed by atoms with Crippen molar-refractivity contribution in [1.82, 2.24) is 25.1 Å². The number of carbonyl (C=O) groups excluding carboxylic acids is 1. The Labute approximate surface area is 232 Å². The van der Waals surface area contributed by atoms with E-state index in [9.17, 15) is 4.79 Å². The van der Waals surface area contributed by atoms with Gasteiger partial charge in [-0.3, -0.25) is 9.69 Å². The Morgan fingerprint density at radius 2 is 1.87 bits per heavy atom. The fourth-order valence-corrected chi connectivity index (χ4v) is 6.27. The van der Waals surface area contributed by atoms with Crippen molar-refractivity contribution in [3.63, 3.8) is 0 Å². The molecule has 4 heterocycles. The van der Waals surface area contributed by atoms with E-state index in [-0.39, 0.29) is 5.69 Å². The van der Waals surface area contributed by atoms with Crippen molar-refractivity contribution in [3.05, 3.63) is 35.2 Å². The molecule has 0 bridgehead atoms. The summed E-state index contributed by atoms with van der Waals surface area (Å²) in [5.41, 5.74) is 10.1. The fourth-order valence-electron chi connectivity index (χ4n) is 6.27. The first-order valence-corrected chi connectivity index (χ1v) is 14.5. The number of nitrogens with two attached hydrogens (primary N) is 1. The van der Waals surface area contributed by atoms with E-state index in [0.29, 0.717) is 24.3 Å². The third-order valence-electron chi connectivity index (χ3n) is 8.75. The van der Waals surface area contributed by atoms with Gasteiger partial charge in [-0.15, -0.1) is 0 Å². The number of aromatic nitrogens is 2. The van der Waals surface area contributed by atoms with Crippen LogP contribution < -0.4 is 26.2 Å². The van der Waals surface area contributed by atoms with Crippen molar-refractivity contribution >= 4 is 28.9 Å². The maximum Gasteiger partial charge on any atom is 0.271 e. The molecule has 10 nitrogen and oxygen atoms in total. The van der Waals surface area contributed by atoms with Crippen LogP contribution in [0.25, 0.3) is 0 Å². The Hall–Kier alpha value is -2.95. The van der Waals surface area contributed by atoms with Crippen molar-refractivity contribution in [3.8, 4) is 0 Å². The molecule has 3 fully saturated rings. The van der Waals surface area contributed by atoms with E-state index in [1.165, 1.54) is 50.3 Å². The molecule has 0 unspecified atom stereocenters. The van der Waals surface area contributed by atoms with Crippen molar-refractivity contribution in [1.29, 1.82) is 0 Å². The summed E-state index contributed by atoms with van der Waals surface area (Å²) < 4.78 is 0. The van der Waals surface area contributed by atoms with E-state index in [1.54, 1.807) is 0 Å². The smallest absolute Gasteiger partial charge is 0.271 e. The van der Waals surface area contributed by atoms with Gasteiger partial charge in [0.25, 0.3) is 5.91 Å². The van der Waals surface area contributed by atoms with Crippen molar-refractivity contribution in [2.24, 2.45) is 5.73 Å². The number of likely N-dealkylation sites (N-methyl/N-ethyl adjacent to an activating group) is 2. The van der Waals surface area contributed by atoms with Crippen LogP contribution in [0, 0.1) is 6.92 Å². The Balaban J connectivity index is 1.30. The van der Waals surface area contributed by atoms with Gasteiger partial charge >= 0.3 is 0 Å². The van der Waals surface area contributed by atoms with Gasteiger partial charge in [0.05, 0.1) is 5.69 Å². The minimum Gasteiger partial charge on any atom is -0.371 e. The largest absolute Gasteiger partial charge is 0.371 e. The number of aryl methyl sites for hydroxylation is 2. The second kappa shape index (κ2) is 12.1. The molecule has 0 spiro atoms. The average molecular weight is 536 g/mol. The molecule has 39 heavy (non-hydrogen) atoms. The number of rotatable bonds is 8. The average Bonchev–Trinajstić information content (AvgIpc) is 3.48. The van der Waals surface area contributed by atoms with Crippen LogP contribution in [0.1, 0.15) is 47.9 Å². The molecular formula is C29H45N9O. The van der Waals surface area contributed by atoms with Crippen LogP contribution >= 0.6 is 0 Å². The molecule has 2 aromatic rings. The SMILES string of the molecule is CCc1nc(C(N)=O)c(Nc2ccc(N3CCC(N4CCN(C)CC4)CC3)c(C)c2)nc1N(C)[C@@H]1CCNC1. The Kier molecular flexibility index (Phi) is 8.54. The molecule has 1 amide bonds. The van der Waals surface area contributed by atoms with Gasteiger partial charge in [0.2, 0.25) is 0 Å². The molecule has 5 rings (SSSR count). The third kappa shape index (κ3) is 6.13. The molecule has 0 saturated carbocycles. The molecule has 212 valence electrons. The first-order valence-electron chi connectivity index (χ1n) is 14.5. The lowest BCUT2D eigenvalue weighted by Gasteiger charge is -2.43. The highest BCUT2D eigenvalue weighted by atomic mass is 16.1. The summed E-state index contributed by atoms with van der Waals surface area (Å²) in [4.78, 5) is 31.7. The lowest BCUT2D eigenvalue weighted by Crippen LogP contribution is -2.52. The minimum atomic E-state index is -0.576. The fraction of sp³-hybridized carbons (Fsp3) is 0.621. The van der Waals surface area contributed by atoms with Gasteiger partial charge in [0.15, 0.2) is 17.3 Å². The normalized spacial score (nSPS) is 21.3. The molecule has 0 aliphatic carbocycles. The van der Waals surface area contributed by atoms with Crippen LogP contribution in [-0.2, 0) is 6.42 Å². The monoisotopic (exact) mass is 535 g/mol. The third-order valence-corrected chi connectivity index (χ3v) is 8.75. The molecule has 1 aromatic carbocycles. The topological polar surface area (TPSA) is 106 Å². The number of piperidine rings is 1. The van der Waals surface area contributed by atoms with E-state index >= 15 is 0 Å². The summed E-state index contributed by atoms with van der Waals surface area (Å²) in [5, 5.41) is 6.79. The van der Waals surface area contributed by atoms with Crippen LogP contribution in [0.15, 0.2) is 18.2 Å². The van der Waals surface area contributed by atoms with Gasteiger partial charge < -0.3 is 31.1 Å². The van der Waals surface area contributed by atoms with Gasteiger partial charge in [0.1, 0.15) is 0 Å². The number of anilines is 4. The quantitative estimate of drug-likeness (QED) is 0.469. The Morgan fingerprint density at radius 3 is 2.49 bits per heavy atom. The van der Waals surface area contributed by atoms with E-state index in [1.807, 2.05) is 6.92 Å². The van der Waals surface area contributed by atoms with Gasteiger partial charge in [-0.25, -0.2) is 9.97 Å². The van der Waals surface area contributed by atoms with Crippen molar-refractivity contribution in [2.45, 2.75) is 51.6 Å². The van der Waals surface area contributed by atoms with Gasteiger partial charge in [-0.05, 0) is 70.0 Å². The highest BCUT2D eigenvalue weighted by Crippen LogP contribution is 2.31. The van der Waals surface area contributed by atoms with Gasteiger partial charge in [0, 0.05) is 76.3 Å². The molecule has 10 heteroatoms. The van der Waals surface area contributed by atoms with Crippen LogP contribution in [0.4, 0.5) is 23.0 Å². The first kappa shape index (κ1) is 27.6. The highest BCUT2D eigenvalue weighted by Gasteiger charge is 2.28. The second-order valence-electron chi connectivity index (χ2n) is 11.4. The van der Waals surface area contributed by atoms with E-state index in [2.05, 4.69) is 74.4 Å². The summed E-state index contributed by atoms with van der Waals surface area (Å²) in [6.07, 6.45) is 4.14.